The van der Waals surface area contributed by atoms with Crippen LogP contribution in [0, 0.1) is 29.2 Å². The molecule has 0 fully saturated rings. The van der Waals surface area contributed by atoms with Gasteiger partial charge in [0, 0.05) is 6.42 Å². The zero-order valence-corrected chi connectivity index (χ0v) is 27.4. The molecular formula is C34H37ClF4N2O8. The number of Topliss-reactive ketones (excluding diaryl/α,β-unsaturated/α-hetero) is 3. The SMILES string of the molecule is CC(C)C[C@H](N)C(=O)N[C@@H](Cc1ccccc1)C(=O)O.Cl.O=C(COCC(=O)c1c(F)cccc1F)COCC(=O)c1c(F)cccc1F. The molecular weight excluding hydrogens is 676 g/mol. The van der Waals surface area contributed by atoms with Crippen LogP contribution >= 0.6 is 12.4 Å². The lowest BCUT2D eigenvalue weighted by Crippen LogP contribution is -2.49. The van der Waals surface area contributed by atoms with Crippen molar-refractivity contribution in [1.82, 2.24) is 5.32 Å². The van der Waals surface area contributed by atoms with Crippen molar-refractivity contribution in [2.45, 2.75) is 38.8 Å². The third-order valence-electron chi connectivity index (χ3n) is 6.43. The number of carboxylic acids is 1. The van der Waals surface area contributed by atoms with Gasteiger partial charge < -0.3 is 25.6 Å². The molecule has 0 heterocycles. The van der Waals surface area contributed by atoms with Crippen LogP contribution in [0.2, 0.25) is 0 Å². The largest absolute Gasteiger partial charge is 0.480 e. The average molecular weight is 713 g/mol. The van der Waals surface area contributed by atoms with Gasteiger partial charge in [-0.1, -0.05) is 56.3 Å². The highest BCUT2D eigenvalue weighted by molar-refractivity contribution is 5.98. The van der Waals surface area contributed by atoms with Crippen LogP contribution in [0.5, 0.6) is 0 Å². The molecule has 0 bridgehead atoms. The summed E-state index contributed by atoms with van der Waals surface area (Å²) in [4.78, 5) is 58.1. The second-order valence-electron chi connectivity index (χ2n) is 10.9. The molecule has 0 saturated carbocycles. The van der Waals surface area contributed by atoms with Crippen LogP contribution in [0.1, 0.15) is 46.5 Å². The van der Waals surface area contributed by atoms with Crippen molar-refractivity contribution in [3.8, 4) is 0 Å². The first-order chi connectivity index (χ1) is 22.7. The summed E-state index contributed by atoms with van der Waals surface area (Å²) in [7, 11) is 0. The fourth-order valence-corrected chi connectivity index (χ4v) is 4.17. The number of aliphatic carboxylic acids is 1. The van der Waals surface area contributed by atoms with Crippen LogP contribution in [-0.2, 0) is 30.3 Å². The van der Waals surface area contributed by atoms with E-state index in [4.69, 9.17) is 15.2 Å². The van der Waals surface area contributed by atoms with Gasteiger partial charge in [-0.25, -0.2) is 22.4 Å². The summed E-state index contributed by atoms with van der Waals surface area (Å²) in [5.41, 5.74) is 5.07. The monoisotopic (exact) mass is 712 g/mol. The van der Waals surface area contributed by atoms with Gasteiger partial charge >= 0.3 is 5.97 Å². The molecule has 3 aromatic rings. The maximum atomic E-state index is 13.4. The maximum Gasteiger partial charge on any atom is 0.326 e. The van der Waals surface area contributed by atoms with Crippen molar-refractivity contribution in [3.05, 3.63) is 107 Å². The molecule has 0 spiro atoms. The molecule has 3 aromatic carbocycles. The Bertz CT molecular complexity index is 1460. The molecule has 10 nitrogen and oxygen atoms in total. The van der Waals surface area contributed by atoms with Gasteiger partial charge in [-0.2, -0.15) is 0 Å². The first kappa shape index (κ1) is 42.5. The summed E-state index contributed by atoms with van der Waals surface area (Å²) >= 11 is 0. The predicted octanol–water partition coefficient (Wildman–Crippen LogP) is 4.50. The second kappa shape index (κ2) is 21.5. The predicted molar refractivity (Wildman–Crippen MR) is 172 cm³/mol. The Kier molecular flexibility index (Phi) is 18.6. The van der Waals surface area contributed by atoms with E-state index in [0.717, 1.165) is 42.0 Å². The molecule has 4 N–H and O–H groups in total. The van der Waals surface area contributed by atoms with Crippen molar-refractivity contribution >= 4 is 41.6 Å². The molecule has 49 heavy (non-hydrogen) atoms. The number of carbonyl (C=O) groups is 5. The molecule has 0 saturated heterocycles. The molecule has 3 rings (SSSR count). The molecule has 2 atom stereocenters. The molecule has 266 valence electrons. The van der Waals surface area contributed by atoms with Crippen LogP contribution in [0.3, 0.4) is 0 Å². The fourth-order valence-electron chi connectivity index (χ4n) is 4.17. The number of nitrogens with one attached hydrogen (secondary N) is 1. The lowest BCUT2D eigenvalue weighted by atomic mass is 10.0. The molecule has 0 aliphatic heterocycles. The van der Waals surface area contributed by atoms with Gasteiger partial charge in [0.2, 0.25) is 5.91 Å². The number of carboxylic acid groups (broad SMARTS) is 1. The van der Waals surface area contributed by atoms with Crippen LogP contribution < -0.4 is 11.1 Å². The smallest absolute Gasteiger partial charge is 0.326 e. The summed E-state index contributed by atoms with van der Waals surface area (Å²) in [6, 6.07) is 13.4. The van der Waals surface area contributed by atoms with Crippen molar-refractivity contribution in [1.29, 1.82) is 0 Å². The molecule has 15 heteroatoms. The van der Waals surface area contributed by atoms with E-state index in [1.165, 1.54) is 0 Å². The lowest BCUT2D eigenvalue weighted by molar-refractivity contribution is -0.142. The van der Waals surface area contributed by atoms with Crippen LogP contribution in [0.4, 0.5) is 17.6 Å². The van der Waals surface area contributed by atoms with Gasteiger partial charge in [0.05, 0.1) is 17.2 Å². The zero-order chi connectivity index (χ0) is 35.8. The van der Waals surface area contributed by atoms with E-state index >= 15 is 0 Å². The average Bonchev–Trinajstić information content (AvgIpc) is 3.01. The van der Waals surface area contributed by atoms with E-state index in [-0.39, 0.29) is 24.7 Å². The third-order valence-corrected chi connectivity index (χ3v) is 6.43. The highest BCUT2D eigenvalue weighted by Crippen LogP contribution is 2.14. The number of hydrogen-bond donors (Lipinski definition) is 3. The molecule has 0 aliphatic rings. The number of amides is 1. The van der Waals surface area contributed by atoms with E-state index in [2.05, 4.69) is 5.32 Å². The Morgan fingerprint density at radius 2 is 1.14 bits per heavy atom. The number of ketones is 3. The van der Waals surface area contributed by atoms with Crippen LogP contribution in [-0.4, -0.2) is 72.8 Å². The minimum absolute atomic E-state index is 0. The normalized spacial score (nSPS) is 11.8. The minimum atomic E-state index is -1.06. The highest BCUT2D eigenvalue weighted by Gasteiger charge is 2.24. The Labute approximate surface area is 286 Å². The van der Waals surface area contributed by atoms with E-state index in [1.807, 2.05) is 44.2 Å². The van der Waals surface area contributed by atoms with Gasteiger partial charge in [0.1, 0.15) is 55.7 Å². The Morgan fingerprint density at radius 1 is 0.714 bits per heavy atom. The molecule has 0 unspecified atom stereocenters. The molecule has 0 radical (unpaired) electrons. The van der Waals surface area contributed by atoms with Gasteiger partial charge in [0.15, 0.2) is 17.3 Å². The van der Waals surface area contributed by atoms with E-state index in [1.54, 1.807) is 0 Å². The van der Waals surface area contributed by atoms with E-state index in [0.29, 0.717) is 6.42 Å². The molecule has 0 aromatic heterocycles. The number of hydrogen-bond acceptors (Lipinski definition) is 8. The quantitative estimate of drug-likeness (QED) is 0.135. The maximum absolute atomic E-state index is 13.4. The summed E-state index contributed by atoms with van der Waals surface area (Å²) in [5.74, 6) is -8.07. The van der Waals surface area contributed by atoms with Gasteiger partial charge in [-0.15, -0.1) is 12.4 Å². The Hall–Kier alpha value is -4.50. The molecule has 1 amide bonds. The minimum Gasteiger partial charge on any atom is -0.480 e. The first-order valence-corrected chi connectivity index (χ1v) is 14.7. The lowest BCUT2D eigenvalue weighted by Gasteiger charge is -2.19. The topological polar surface area (TPSA) is 162 Å². The summed E-state index contributed by atoms with van der Waals surface area (Å²) in [6.07, 6.45) is 0.778. The Balaban J connectivity index is 0.000000507. The summed E-state index contributed by atoms with van der Waals surface area (Å²) in [5, 5.41) is 11.7. The van der Waals surface area contributed by atoms with Gasteiger partial charge in [0.25, 0.3) is 0 Å². The van der Waals surface area contributed by atoms with E-state index in [9.17, 15) is 46.6 Å². The van der Waals surface area contributed by atoms with Crippen molar-refractivity contribution in [2.24, 2.45) is 11.7 Å². The van der Waals surface area contributed by atoms with Crippen molar-refractivity contribution in [3.63, 3.8) is 0 Å². The number of ether oxygens (including phenoxy) is 2. The third kappa shape index (κ3) is 14.7. The number of rotatable bonds is 17. The molecule has 0 aliphatic carbocycles. The number of benzene rings is 3. The standard InChI is InChI=1S/C19H14F4O5.C15H22N2O3.ClH/c20-12-3-1-4-13(21)18(12)16(25)9-27-7-11(24)8-28-10-17(26)19-14(22)5-2-6-15(19)23;1-10(2)8-12(16)14(18)17-13(15(19)20)9-11-6-4-3-5-7-11;/h1-6H,7-10H2;3-7,10,12-13H,8-9,16H2,1-2H3,(H,17,18)(H,19,20);1H/t;12-,13-;/m.0./s1. The summed E-state index contributed by atoms with van der Waals surface area (Å²) in [6.45, 7) is 1.19. The fraction of sp³-hybridized carbons (Fsp3) is 0.324. The number of carbonyl (C=O) groups excluding carboxylic acids is 4. The van der Waals surface area contributed by atoms with Crippen LogP contribution in [0.15, 0.2) is 66.7 Å². The number of halogens is 5. The highest BCUT2D eigenvalue weighted by atomic mass is 35.5. The summed E-state index contributed by atoms with van der Waals surface area (Å²) < 4.78 is 63.3. The van der Waals surface area contributed by atoms with Crippen molar-refractivity contribution < 1.29 is 56.1 Å². The number of nitrogens with two attached hydrogens (primary N) is 1. The van der Waals surface area contributed by atoms with E-state index < -0.39 is 102 Å². The zero-order valence-electron chi connectivity index (χ0n) is 26.6. The Morgan fingerprint density at radius 3 is 1.53 bits per heavy atom. The second-order valence-corrected chi connectivity index (χ2v) is 10.9. The van der Waals surface area contributed by atoms with Crippen LogP contribution in [0.25, 0.3) is 0 Å². The first-order valence-electron chi connectivity index (χ1n) is 14.7. The van der Waals surface area contributed by atoms with Crippen molar-refractivity contribution in [2.75, 3.05) is 26.4 Å². The van der Waals surface area contributed by atoms with Gasteiger partial charge in [-0.3, -0.25) is 19.2 Å². The van der Waals surface area contributed by atoms with Gasteiger partial charge in [-0.05, 0) is 42.2 Å².